The molecule has 8 nitrogen and oxygen atoms in total. The van der Waals surface area contributed by atoms with Gasteiger partial charge < -0.3 is 27.5 Å². The van der Waals surface area contributed by atoms with E-state index < -0.39 is 26.5 Å². The van der Waals surface area contributed by atoms with Crippen molar-refractivity contribution in [3.63, 3.8) is 0 Å². The molecule has 162 valence electrons. The van der Waals surface area contributed by atoms with Gasteiger partial charge in [-0.2, -0.15) is 0 Å². The standard InChI is InChI=1S/C20H30O8Si/c1-20(2,3)28-19(22)27-17-11-8-16(9-12-17)10-13-18(21)26-14-7-15-29(23-4,24-5)25-6/h8-13H,7,14-15H2,1-6H3. The number of carbonyl (C=O) groups excluding carboxylic acids is 2. The molecule has 0 unspecified atom stereocenters. The molecule has 0 fully saturated rings. The summed E-state index contributed by atoms with van der Waals surface area (Å²) in [6.07, 6.45) is 2.74. The van der Waals surface area contributed by atoms with Crippen LogP contribution in [-0.2, 0) is 27.5 Å². The summed E-state index contributed by atoms with van der Waals surface area (Å²) >= 11 is 0. The molecule has 0 saturated carbocycles. The minimum atomic E-state index is -2.65. The first-order chi connectivity index (χ1) is 13.6. The summed E-state index contributed by atoms with van der Waals surface area (Å²) in [6, 6.07) is 7.18. The second kappa shape index (κ2) is 11.7. The van der Waals surface area contributed by atoms with E-state index in [4.69, 9.17) is 27.5 Å². The average molecular weight is 427 g/mol. The zero-order chi connectivity index (χ0) is 21.9. The van der Waals surface area contributed by atoms with Crippen molar-refractivity contribution >= 4 is 27.0 Å². The third kappa shape index (κ3) is 9.71. The van der Waals surface area contributed by atoms with E-state index in [9.17, 15) is 9.59 Å². The second-order valence-electron chi connectivity index (χ2n) is 7.04. The lowest BCUT2D eigenvalue weighted by molar-refractivity contribution is -0.137. The van der Waals surface area contributed by atoms with Crippen molar-refractivity contribution in [2.75, 3.05) is 27.9 Å². The molecule has 0 radical (unpaired) electrons. The van der Waals surface area contributed by atoms with E-state index in [0.717, 1.165) is 5.56 Å². The number of carbonyl (C=O) groups is 2. The number of hydrogen-bond acceptors (Lipinski definition) is 8. The lowest BCUT2D eigenvalue weighted by Gasteiger charge is -2.23. The van der Waals surface area contributed by atoms with Crippen molar-refractivity contribution in [2.24, 2.45) is 0 Å². The van der Waals surface area contributed by atoms with Crippen LogP contribution in [0.4, 0.5) is 4.79 Å². The predicted molar refractivity (Wildman–Crippen MR) is 110 cm³/mol. The fourth-order valence-corrected chi connectivity index (χ4v) is 3.93. The molecule has 0 spiro atoms. The molecule has 0 aromatic heterocycles. The van der Waals surface area contributed by atoms with Gasteiger partial charge in [-0.1, -0.05) is 12.1 Å². The molecule has 0 N–H and O–H groups in total. The van der Waals surface area contributed by atoms with Crippen LogP contribution in [0.5, 0.6) is 5.75 Å². The lowest BCUT2D eigenvalue weighted by atomic mass is 10.2. The summed E-state index contributed by atoms with van der Waals surface area (Å²) in [7, 11) is 1.97. The van der Waals surface area contributed by atoms with Crippen molar-refractivity contribution in [3.05, 3.63) is 35.9 Å². The molecule has 0 bridgehead atoms. The first-order valence-electron chi connectivity index (χ1n) is 9.14. The Kier molecular flexibility index (Phi) is 10.0. The van der Waals surface area contributed by atoms with Crippen LogP contribution >= 0.6 is 0 Å². The molecule has 0 amide bonds. The summed E-state index contributed by atoms with van der Waals surface area (Å²) in [5.74, 6) is -0.111. The predicted octanol–water partition coefficient (Wildman–Crippen LogP) is 3.83. The molecule has 0 atom stereocenters. The number of benzene rings is 1. The summed E-state index contributed by atoms with van der Waals surface area (Å²) in [5.41, 5.74) is 0.128. The SMILES string of the molecule is CO[Si](CCCOC(=O)C=Cc1ccc(OC(=O)OC(C)(C)C)cc1)(OC)OC. The molecule has 9 heteroatoms. The van der Waals surface area contributed by atoms with Gasteiger partial charge >= 0.3 is 20.9 Å². The summed E-state index contributed by atoms with van der Waals surface area (Å²) in [4.78, 5) is 23.4. The highest BCUT2D eigenvalue weighted by molar-refractivity contribution is 6.60. The quantitative estimate of drug-likeness (QED) is 0.183. The number of hydrogen-bond donors (Lipinski definition) is 0. The van der Waals surface area contributed by atoms with Crippen molar-refractivity contribution in [1.82, 2.24) is 0 Å². The zero-order valence-corrected chi connectivity index (χ0v) is 18.9. The van der Waals surface area contributed by atoms with Gasteiger partial charge in [-0.15, -0.1) is 0 Å². The van der Waals surface area contributed by atoms with E-state index in [1.165, 1.54) is 27.4 Å². The van der Waals surface area contributed by atoms with Crippen LogP contribution in [0, 0.1) is 0 Å². The molecule has 0 saturated heterocycles. The van der Waals surface area contributed by atoms with E-state index in [2.05, 4.69) is 0 Å². The molecule has 1 aromatic rings. The van der Waals surface area contributed by atoms with Crippen LogP contribution in [0.2, 0.25) is 6.04 Å². The Morgan fingerprint density at radius 3 is 2.10 bits per heavy atom. The fourth-order valence-electron chi connectivity index (χ4n) is 2.24. The van der Waals surface area contributed by atoms with Gasteiger partial charge in [-0.25, -0.2) is 9.59 Å². The van der Waals surface area contributed by atoms with Crippen LogP contribution < -0.4 is 4.74 Å². The maximum atomic E-state index is 11.8. The number of ether oxygens (including phenoxy) is 3. The second-order valence-corrected chi connectivity index (χ2v) is 10.1. The fraction of sp³-hybridized carbons (Fsp3) is 0.500. The maximum absolute atomic E-state index is 11.8. The Balaban J connectivity index is 2.43. The molecule has 0 heterocycles. The van der Waals surface area contributed by atoms with Crippen LogP contribution in [0.15, 0.2) is 30.3 Å². The Morgan fingerprint density at radius 1 is 1.00 bits per heavy atom. The van der Waals surface area contributed by atoms with Crippen LogP contribution in [0.25, 0.3) is 6.08 Å². The van der Waals surface area contributed by atoms with Gasteiger partial charge in [0.1, 0.15) is 11.4 Å². The average Bonchev–Trinajstić information content (AvgIpc) is 2.66. The molecule has 0 aliphatic heterocycles. The van der Waals surface area contributed by atoms with Crippen LogP contribution in [0.1, 0.15) is 32.8 Å². The van der Waals surface area contributed by atoms with Crippen molar-refractivity contribution in [2.45, 2.75) is 38.8 Å². The highest BCUT2D eigenvalue weighted by Gasteiger charge is 2.36. The van der Waals surface area contributed by atoms with E-state index >= 15 is 0 Å². The minimum absolute atomic E-state index is 0.233. The molecular formula is C20H30O8Si. The van der Waals surface area contributed by atoms with E-state index in [1.807, 2.05) is 0 Å². The highest BCUT2D eigenvalue weighted by Crippen LogP contribution is 2.17. The first kappa shape index (κ1) is 24.8. The summed E-state index contributed by atoms with van der Waals surface area (Å²) < 4.78 is 31.2. The van der Waals surface area contributed by atoms with Crippen LogP contribution in [-0.4, -0.2) is 54.5 Å². The third-order valence-corrected chi connectivity index (χ3v) is 6.52. The van der Waals surface area contributed by atoms with E-state index in [-0.39, 0.29) is 6.61 Å². The van der Waals surface area contributed by atoms with Crippen LogP contribution in [0.3, 0.4) is 0 Å². The normalized spacial score (nSPS) is 12.1. The molecule has 29 heavy (non-hydrogen) atoms. The highest BCUT2D eigenvalue weighted by atomic mass is 28.4. The van der Waals surface area contributed by atoms with Crippen molar-refractivity contribution in [1.29, 1.82) is 0 Å². The summed E-state index contributed by atoms with van der Waals surface area (Å²) in [5, 5.41) is 0. The summed E-state index contributed by atoms with van der Waals surface area (Å²) in [6.45, 7) is 5.50. The largest absolute Gasteiger partial charge is 0.514 e. The third-order valence-electron chi connectivity index (χ3n) is 3.69. The molecule has 1 aromatic carbocycles. The maximum Gasteiger partial charge on any atom is 0.514 e. The molecule has 1 rings (SSSR count). The van der Waals surface area contributed by atoms with Gasteiger partial charge in [0.2, 0.25) is 0 Å². The monoisotopic (exact) mass is 426 g/mol. The Morgan fingerprint density at radius 2 is 1.59 bits per heavy atom. The molecule has 0 aliphatic carbocycles. The van der Waals surface area contributed by atoms with Gasteiger partial charge in [0.25, 0.3) is 0 Å². The number of rotatable bonds is 10. The van der Waals surface area contributed by atoms with Gasteiger partial charge in [-0.05, 0) is 51.0 Å². The van der Waals surface area contributed by atoms with Crippen molar-refractivity contribution < 1.29 is 37.1 Å². The smallest absolute Gasteiger partial charge is 0.463 e. The minimum Gasteiger partial charge on any atom is -0.463 e. The zero-order valence-electron chi connectivity index (χ0n) is 17.9. The molecular weight excluding hydrogens is 396 g/mol. The molecule has 0 aliphatic rings. The van der Waals surface area contributed by atoms with E-state index in [0.29, 0.717) is 18.2 Å². The lowest BCUT2D eigenvalue weighted by Crippen LogP contribution is -2.42. The van der Waals surface area contributed by atoms with Crippen molar-refractivity contribution in [3.8, 4) is 5.75 Å². The first-order valence-corrected chi connectivity index (χ1v) is 11.1. The van der Waals surface area contributed by atoms with Gasteiger partial charge in [0, 0.05) is 33.4 Å². The topological polar surface area (TPSA) is 89.5 Å². The van der Waals surface area contributed by atoms with Gasteiger partial charge in [0.05, 0.1) is 6.61 Å². The van der Waals surface area contributed by atoms with E-state index in [1.54, 1.807) is 51.1 Å². The Hall–Kier alpha value is -2.20. The Bertz CT molecular complexity index is 666. The van der Waals surface area contributed by atoms with Gasteiger partial charge in [-0.3, -0.25) is 0 Å². The Labute approximate surface area is 173 Å². The number of esters is 1. The van der Waals surface area contributed by atoms with Gasteiger partial charge in [0.15, 0.2) is 0 Å².